The standard InChI is InChI=1S/C29H31N7O/c1-3-5-11-24-20-36(26-13-7-6-10-23(26)9-4-2)29(37)35(24)19-21-14-16-22(17-15-21)25-12-8-18-30-27(25)28-31-33-34-32-28/h6-8,10,12-18,20H,3-5,9,11,19H2,1-2H3,(H,31,32,33,34). The molecule has 0 amide bonds. The third-order valence-electron chi connectivity index (χ3n) is 6.60. The van der Waals surface area contributed by atoms with E-state index in [1.54, 1.807) is 6.20 Å². The average Bonchev–Trinajstić information content (AvgIpc) is 3.58. The van der Waals surface area contributed by atoms with Gasteiger partial charge in [-0.15, -0.1) is 5.10 Å². The van der Waals surface area contributed by atoms with Gasteiger partial charge in [-0.1, -0.05) is 75.2 Å². The highest BCUT2D eigenvalue weighted by molar-refractivity contribution is 5.77. The number of para-hydroxylation sites is 1. The summed E-state index contributed by atoms with van der Waals surface area (Å²) < 4.78 is 3.75. The number of aromatic amines is 1. The van der Waals surface area contributed by atoms with Crippen LogP contribution in [-0.4, -0.2) is 34.7 Å². The van der Waals surface area contributed by atoms with Crippen LogP contribution >= 0.6 is 0 Å². The molecule has 2 aromatic carbocycles. The molecule has 3 aromatic heterocycles. The highest BCUT2D eigenvalue weighted by Gasteiger charge is 2.16. The predicted molar refractivity (Wildman–Crippen MR) is 145 cm³/mol. The number of hydrogen-bond donors (Lipinski definition) is 1. The summed E-state index contributed by atoms with van der Waals surface area (Å²) in [5, 5.41) is 14.2. The van der Waals surface area contributed by atoms with Gasteiger partial charge in [0.2, 0.25) is 0 Å². The van der Waals surface area contributed by atoms with Gasteiger partial charge in [0.1, 0.15) is 5.69 Å². The second kappa shape index (κ2) is 11.2. The summed E-state index contributed by atoms with van der Waals surface area (Å²) in [6.45, 7) is 4.86. The van der Waals surface area contributed by atoms with Gasteiger partial charge < -0.3 is 0 Å². The number of nitrogens with zero attached hydrogens (tertiary/aromatic N) is 6. The zero-order chi connectivity index (χ0) is 25.6. The highest BCUT2D eigenvalue weighted by atomic mass is 16.1. The van der Waals surface area contributed by atoms with Crippen LogP contribution in [0.3, 0.4) is 0 Å². The molecular weight excluding hydrogens is 462 g/mol. The maximum atomic E-state index is 13.7. The first-order valence-corrected chi connectivity index (χ1v) is 12.9. The van der Waals surface area contributed by atoms with Crippen molar-refractivity contribution >= 4 is 0 Å². The minimum absolute atomic E-state index is 0.00565. The van der Waals surface area contributed by atoms with Crippen molar-refractivity contribution in [3.05, 3.63) is 100 Å². The summed E-state index contributed by atoms with van der Waals surface area (Å²) >= 11 is 0. The second-order valence-electron chi connectivity index (χ2n) is 9.19. The van der Waals surface area contributed by atoms with Gasteiger partial charge >= 0.3 is 5.69 Å². The summed E-state index contributed by atoms with van der Waals surface area (Å²) in [6, 6.07) is 20.4. The number of H-pyrrole nitrogens is 1. The summed E-state index contributed by atoms with van der Waals surface area (Å²) in [5.41, 5.74) is 6.95. The lowest BCUT2D eigenvalue weighted by atomic mass is 10.0. The number of nitrogens with one attached hydrogen (secondary N) is 1. The van der Waals surface area contributed by atoms with E-state index in [1.807, 2.05) is 45.7 Å². The van der Waals surface area contributed by atoms with E-state index in [-0.39, 0.29) is 5.69 Å². The van der Waals surface area contributed by atoms with E-state index in [4.69, 9.17) is 0 Å². The fraction of sp³-hybridized carbons (Fsp3) is 0.276. The number of aromatic nitrogens is 7. The fourth-order valence-electron chi connectivity index (χ4n) is 4.71. The molecule has 5 aromatic rings. The molecule has 8 nitrogen and oxygen atoms in total. The number of aryl methyl sites for hydroxylation is 2. The van der Waals surface area contributed by atoms with Gasteiger partial charge in [-0.25, -0.2) is 9.89 Å². The van der Waals surface area contributed by atoms with Crippen LogP contribution in [0.4, 0.5) is 0 Å². The molecule has 0 spiro atoms. The Hall–Kier alpha value is -4.33. The number of pyridine rings is 1. The zero-order valence-corrected chi connectivity index (χ0v) is 21.3. The molecule has 0 aliphatic heterocycles. The highest BCUT2D eigenvalue weighted by Crippen LogP contribution is 2.28. The van der Waals surface area contributed by atoms with E-state index in [0.29, 0.717) is 18.1 Å². The summed E-state index contributed by atoms with van der Waals surface area (Å²) in [5.74, 6) is 0.525. The summed E-state index contributed by atoms with van der Waals surface area (Å²) in [6.07, 6.45) is 8.73. The van der Waals surface area contributed by atoms with E-state index in [2.05, 4.69) is 69.8 Å². The quantitative estimate of drug-likeness (QED) is 0.288. The normalized spacial score (nSPS) is 11.2. The number of rotatable bonds is 10. The van der Waals surface area contributed by atoms with Gasteiger partial charge in [-0.2, -0.15) is 0 Å². The van der Waals surface area contributed by atoms with Crippen LogP contribution in [-0.2, 0) is 19.4 Å². The SMILES string of the molecule is CCCCc1cn(-c2ccccc2CCC)c(=O)n1Cc1ccc(-c2cccnc2-c2nnn[nH]2)cc1. The number of tetrazole rings is 1. The molecule has 1 N–H and O–H groups in total. The molecule has 0 aliphatic carbocycles. The van der Waals surface area contributed by atoms with Crippen molar-refractivity contribution < 1.29 is 0 Å². The number of hydrogen-bond acceptors (Lipinski definition) is 5. The van der Waals surface area contributed by atoms with Crippen LogP contribution in [0.2, 0.25) is 0 Å². The first kappa shape index (κ1) is 24.4. The van der Waals surface area contributed by atoms with Crippen LogP contribution in [0, 0.1) is 0 Å². The van der Waals surface area contributed by atoms with Gasteiger partial charge in [0.15, 0.2) is 5.82 Å². The zero-order valence-electron chi connectivity index (χ0n) is 21.3. The van der Waals surface area contributed by atoms with E-state index in [1.165, 1.54) is 5.56 Å². The van der Waals surface area contributed by atoms with Crippen molar-refractivity contribution in [2.45, 2.75) is 52.5 Å². The third-order valence-corrected chi connectivity index (χ3v) is 6.60. The third kappa shape index (κ3) is 5.14. The van der Waals surface area contributed by atoms with Crippen molar-refractivity contribution in [2.24, 2.45) is 0 Å². The van der Waals surface area contributed by atoms with Crippen LogP contribution in [0.1, 0.15) is 49.9 Å². The monoisotopic (exact) mass is 493 g/mol. The van der Waals surface area contributed by atoms with Crippen molar-refractivity contribution in [2.75, 3.05) is 0 Å². The van der Waals surface area contributed by atoms with Gasteiger partial charge in [-0.3, -0.25) is 14.1 Å². The van der Waals surface area contributed by atoms with Crippen molar-refractivity contribution in [1.82, 2.24) is 34.7 Å². The molecule has 0 bridgehead atoms. The lowest BCUT2D eigenvalue weighted by molar-refractivity contribution is 0.673. The van der Waals surface area contributed by atoms with E-state index < -0.39 is 0 Å². The molecule has 0 fully saturated rings. The first-order valence-electron chi connectivity index (χ1n) is 12.9. The topological polar surface area (TPSA) is 94.3 Å². The molecule has 0 aliphatic rings. The Morgan fingerprint density at radius 1 is 0.919 bits per heavy atom. The van der Waals surface area contributed by atoms with E-state index in [0.717, 1.165) is 60.2 Å². The van der Waals surface area contributed by atoms with Gasteiger partial charge in [-0.05, 0) is 58.5 Å². The Balaban J connectivity index is 1.48. The molecule has 8 heteroatoms. The Morgan fingerprint density at radius 2 is 1.76 bits per heavy atom. The molecule has 188 valence electrons. The Kier molecular flexibility index (Phi) is 7.35. The van der Waals surface area contributed by atoms with Crippen LogP contribution in [0.15, 0.2) is 77.9 Å². The van der Waals surface area contributed by atoms with Gasteiger partial charge in [0, 0.05) is 23.7 Å². The Labute approximate surface area is 216 Å². The lowest BCUT2D eigenvalue weighted by Gasteiger charge is -2.10. The van der Waals surface area contributed by atoms with Crippen molar-refractivity contribution in [3.8, 4) is 28.3 Å². The lowest BCUT2D eigenvalue weighted by Crippen LogP contribution is -2.25. The van der Waals surface area contributed by atoms with E-state index >= 15 is 0 Å². The molecule has 0 atom stereocenters. The van der Waals surface area contributed by atoms with Gasteiger partial charge in [0.25, 0.3) is 0 Å². The van der Waals surface area contributed by atoms with Crippen molar-refractivity contribution in [3.63, 3.8) is 0 Å². The molecular formula is C29H31N7O. The van der Waals surface area contributed by atoms with Crippen LogP contribution in [0.25, 0.3) is 28.3 Å². The molecule has 0 radical (unpaired) electrons. The van der Waals surface area contributed by atoms with Crippen LogP contribution < -0.4 is 5.69 Å². The predicted octanol–water partition coefficient (Wildman–Crippen LogP) is 5.22. The minimum atomic E-state index is 0.00565. The number of unbranched alkanes of at least 4 members (excludes halogenated alkanes) is 1. The number of imidazole rings is 1. The van der Waals surface area contributed by atoms with Crippen LogP contribution in [0.5, 0.6) is 0 Å². The van der Waals surface area contributed by atoms with E-state index in [9.17, 15) is 4.79 Å². The van der Waals surface area contributed by atoms with Gasteiger partial charge in [0.05, 0.1) is 12.2 Å². The average molecular weight is 494 g/mol. The molecule has 37 heavy (non-hydrogen) atoms. The number of benzene rings is 2. The first-order chi connectivity index (χ1) is 18.2. The summed E-state index contributed by atoms with van der Waals surface area (Å²) in [7, 11) is 0. The van der Waals surface area contributed by atoms with Crippen molar-refractivity contribution in [1.29, 1.82) is 0 Å². The fourth-order valence-corrected chi connectivity index (χ4v) is 4.71. The second-order valence-corrected chi connectivity index (χ2v) is 9.19. The molecule has 3 heterocycles. The summed E-state index contributed by atoms with van der Waals surface area (Å²) in [4.78, 5) is 18.1. The Bertz CT molecular complexity index is 1510. The maximum absolute atomic E-state index is 13.7. The maximum Gasteiger partial charge on any atom is 0.333 e. The molecule has 0 unspecified atom stereocenters. The smallest absolute Gasteiger partial charge is 0.292 e. The molecule has 0 saturated heterocycles. The molecule has 5 rings (SSSR count). The Morgan fingerprint density at radius 3 is 2.51 bits per heavy atom. The largest absolute Gasteiger partial charge is 0.333 e. The molecule has 0 saturated carbocycles. The minimum Gasteiger partial charge on any atom is -0.292 e.